The van der Waals surface area contributed by atoms with E-state index >= 15 is 0 Å². The second-order valence-electron chi connectivity index (χ2n) is 5.76. The van der Waals surface area contributed by atoms with Crippen molar-refractivity contribution < 1.29 is 9.84 Å². The highest BCUT2D eigenvalue weighted by Crippen LogP contribution is 2.47. The van der Waals surface area contributed by atoms with E-state index in [1.54, 1.807) is 13.3 Å². The van der Waals surface area contributed by atoms with Gasteiger partial charge in [0.15, 0.2) is 5.75 Å². The zero-order valence-corrected chi connectivity index (χ0v) is 12.8. The Kier molecular flexibility index (Phi) is 3.49. The average molecular weight is 286 g/mol. The number of nitrogens with zero attached hydrogens (tertiary/aromatic N) is 2. The third-order valence-corrected chi connectivity index (χ3v) is 4.59. The van der Waals surface area contributed by atoms with Gasteiger partial charge < -0.3 is 9.84 Å². The number of aromatic nitrogens is 2. The highest BCUT2D eigenvalue weighted by atomic mass is 16.5. The van der Waals surface area contributed by atoms with Crippen molar-refractivity contribution in [2.75, 3.05) is 7.11 Å². The predicted molar refractivity (Wildman–Crippen MR) is 81.5 cm³/mol. The number of aliphatic hydroxyl groups is 1. The molecule has 0 saturated heterocycles. The molecule has 0 amide bonds. The number of rotatable bonds is 3. The van der Waals surface area contributed by atoms with Crippen LogP contribution >= 0.6 is 0 Å². The number of methoxy groups -OCH3 is 1. The Morgan fingerprint density at radius 3 is 2.90 bits per heavy atom. The first-order valence-corrected chi connectivity index (χ1v) is 7.53. The van der Waals surface area contributed by atoms with Crippen molar-refractivity contribution in [1.82, 2.24) is 9.78 Å². The summed E-state index contributed by atoms with van der Waals surface area (Å²) >= 11 is 0. The van der Waals surface area contributed by atoms with E-state index in [1.165, 1.54) is 5.56 Å². The van der Waals surface area contributed by atoms with Gasteiger partial charge in [-0.3, -0.25) is 4.68 Å². The Hall–Kier alpha value is -1.81. The summed E-state index contributed by atoms with van der Waals surface area (Å²) in [6, 6.07) is 8.16. The minimum Gasteiger partial charge on any atom is -0.493 e. The molecule has 1 N–H and O–H groups in total. The lowest BCUT2D eigenvalue weighted by Gasteiger charge is -2.37. The molecule has 2 aromatic rings. The van der Waals surface area contributed by atoms with Gasteiger partial charge in [-0.25, -0.2) is 0 Å². The highest BCUT2D eigenvalue weighted by Gasteiger charge is 2.42. The quantitative estimate of drug-likeness (QED) is 0.943. The fraction of sp³-hybridized carbons (Fsp3) is 0.471. The van der Waals surface area contributed by atoms with E-state index in [-0.39, 0.29) is 0 Å². The Bertz CT molecular complexity index is 628. The van der Waals surface area contributed by atoms with Crippen molar-refractivity contribution in [1.29, 1.82) is 0 Å². The average Bonchev–Trinajstić information content (AvgIpc) is 2.95. The van der Waals surface area contributed by atoms with Crippen LogP contribution in [-0.2, 0) is 12.1 Å². The molecule has 1 aliphatic rings. The van der Waals surface area contributed by atoms with Gasteiger partial charge in [0.2, 0.25) is 0 Å². The SMILES string of the molecule is CCn1ncc(OC)c1C1(O)CCC(C)c2ccccc21. The summed E-state index contributed by atoms with van der Waals surface area (Å²) in [5.74, 6) is 1.12. The third-order valence-electron chi connectivity index (χ3n) is 4.59. The number of benzene rings is 1. The van der Waals surface area contributed by atoms with Crippen LogP contribution in [0.25, 0.3) is 0 Å². The molecular formula is C17H22N2O2. The van der Waals surface area contributed by atoms with Crippen molar-refractivity contribution in [2.45, 2.75) is 44.8 Å². The highest BCUT2D eigenvalue weighted by molar-refractivity contribution is 5.46. The third kappa shape index (κ3) is 2.05. The zero-order valence-electron chi connectivity index (χ0n) is 12.8. The molecule has 0 spiro atoms. The van der Waals surface area contributed by atoms with Gasteiger partial charge in [-0.1, -0.05) is 31.2 Å². The first-order chi connectivity index (χ1) is 10.1. The van der Waals surface area contributed by atoms with Crippen molar-refractivity contribution in [3.05, 3.63) is 47.3 Å². The topological polar surface area (TPSA) is 47.3 Å². The van der Waals surface area contributed by atoms with Crippen molar-refractivity contribution >= 4 is 0 Å². The summed E-state index contributed by atoms with van der Waals surface area (Å²) < 4.78 is 7.28. The smallest absolute Gasteiger partial charge is 0.163 e. The molecule has 112 valence electrons. The molecule has 0 aliphatic heterocycles. The molecule has 0 saturated carbocycles. The van der Waals surface area contributed by atoms with Crippen LogP contribution < -0.4 is 4.74 Å². The van der Waals surface area contributed by atoms with Gasteiger partial charge in [0.05, 0.1) is 13.3 Å². The second kappa shape index (κ2) is 5.19. The Balaban J connectivity index is 2.22. The summed E-state index contributed by atoms with van der Waals surface area (Å²) in [6.07, 6.45) is 3.33. The van der Waals surface area contributed by atoms with Crippen LogP contribution in [0.2, 0.25) is 0 Å². The summed E-state index contributed by atoms with van der Waals surface area (Å²) in [7, 11) is 1.63. The first kappa shape index (κ1) is 14.1. The minimum absolute atomic E-state index is 0.463. The van der Waals surface area contributed by atoms with Crippen LogP contribution in [-0.4, -0.2) is 22.0 Å². The molecule has 2 unspecified atom stereocenters. The molecular weight excluding hydrogens is 264 g/mol. The maximum atomic E-state index is 11.5. The van der Waals surface area contributed by atoms with Crippen LogP contribution in [0.5, 0.6) is 5.75 Å². The fourth-order valence-corrected chi connectivity index (χ4v) is 3.44. The van der Waals surface area contributed by atoms with Crippen molar-refractivity contribution in [3.63, 3.8) is 0 Å². The molecule has 0 radical (unpaired) electrons. The second-order valence-corrected chi connectivity index (χ2v) is 5.76. The zero-order chi connectivity index (χ0) is 15.0. The molecule has 4 nitrogen and oxygen atoms in total. The lowest BCUT2D eigenvalue weighted by Crippen LogP contribution is -2.35. The van der Waals surface area contributed by atoms with Crippen LogP contribution in [0.1, 0.15) is 49.4 Å². The maximum absolute atomic E-state index is 11.5. The summed E-state index contributed by atoms with van der Waals surface area (Å²) in [6.45, 7) is 4.95. The van der Waals surface area contributed by atoms with Gasteiger partial charge in [-0.2, -0.15) is 5.10 Å². The predicted octanol–water partition coefficient (Wildman–Crippen LogP) is 3.04. The van der Waals surface area contributed by atoms with Crippen LogP contribution in [0.3, 0.4) is 0 Å². The van der Waals surface area contributed by atoms with Gasteiger partial charge in [0.25, 0.3) is 0 Å². The van der Waals surface area contributed by atoms with E-state index in [9.17, 15) is 5.11 Å². The number of ether oxygens (including phenoxy) is 1. The van der Waals surface area contributed by atoms with Gasteiger partial charge in [0, 0.05) is 6.54 Å². The lowest BCUT2D eigenvalue weighted by atomic mass is 9.73. The fourth-order valence-electron chi connectivity index (χ4n) is 3.44. The van der Waals surface area contributed by atoms with E-state index in [0.29, 0.717) is 24.6 Å². The van der Waals surface area contributed by atoms with Gasteiger partial charge in [-0.15, -0.1) is 0 Å². The van der Waals surface area contributed by atoms with Gasteiger partial charge in [-0.05, 0) is 36.8 Å². The summed E-state index contributed by atoms with van der Waals surface area (Å²) in [5, 5.41) is 15.8. The van der Waals surface area contributed by atoms with Crippen LogP contribution in [0.15, 0.2) is 30.5 Å². The van der Waals surface area contributed by atoms with Crippen LogP contribution in [0, 0.1) is 0 Å². The van der Waals surface area contributed by atoms with Crippen molar-refractivity contribution in [3.8, 4) is 5.75 Å². The van der Waals surface area contributed by atoms with E-state index in [0.717, 1.165) is 17.7 Å². The molecule has 21 heavy (non-hydrogen) atoms. The number of aryl methyl sites for hydroxylation is 1. The molecule has 3 rings (SSSR count). The summed E-state index contributed by atoms with van der Waals surface area (Å²) in [5.41, 5.74) is 1.95. The van der Waals surface area contributed by atoms with Crippen molar-refractivity contribution in [2.24, 2.45) is 0 Å². The number of hydrogen-bond donors (Lipinski definition) is 1. The summed E-state index contributed by atoms with van der Waals surface area (Å²) in [4.78, 5) is 0. The molecule has 1 aromatic carbocycles. The monoisotopic (exact) mass is 286 g/mol. The molecule has 0 bridgehead atoms. The molecule has 2 atom stereocenters. The number of fused-ring (bicyclic) bond motifs is 1. The van der Waals surface area contributed by atoms with E-state index in [2.05, 4.69) is 18.1 Å². The van der Waals surface area contributed by atoms with E-state index in [1.807, 2.05) is 29.8 Å². The molecule has 1 heterocycles. The Morgan fingerprint density at radius 2 is 2.19 bits per heavy atom. The minimum atomic E-state index is -1.03. The maximum Gasteiger partial charge on any atom is 0.163 e. The van der Waals surface area contributed by atoms with Crippen LogP contribution in [0.4, 0.5) is 0 Å². The normalized spacial score (nSPS) is 24.7. The van der Waals surface area contributed by atoms with E-state index < -0.39 is 5.60 Å². The number of hydrogen-bond acceptors (Lipinski definition) is 3. The van der Waals surface area contributed by atoms with Gasteiger partial charge in [0.1, 0.15) is 11.3 Å². The molecule has 4 heteroatoms. The molecule has 1 aliphatic carbocycles. The first-order valence-electron chi connectivity index (χ1n) is 7.53. The largest absolute Gasteiger partial charge is 0.493 e. The Morgan fingerprint density at radius 1 is 1.43 bits per heavy atom. The van der Waals surface area contributed by atoms with Gasteiger partial charge >= 0.3 is 0 Å². The Labute approximate surface area is 125 Å². The molecule has 0 fully saturated rings. The standard InChI is InChI=1S/C17H22N2O2/c1-4-19-16(15(21-3)11-18-19)17(20)10-9-12(2)13-7-5-6-8-14(13)17/h5-8,11-12,20H,4,9-10H2,1-3H3. The lowest BCUT2D eigenvalue weighted by molar-refractivity contribution is 0.0463. The van der Waals surface area contributed by atoms with E-state index in [4.69, 9.17) is 4.74 Å². The molecule has 1 aromatic heterocycles.